The highest BCUT2D eigenvalue weighted by molar-refractivity contribution is 7.31. The number of aromatic amines is 1. The average molecular weight is 600 g/mol. The number of aliphatic hydroxyl groups is 1. The van der Waals surface area contributed by atoms with Crippen molar-refractivity contribution in [1.82, 2.24) is 19.5 Å². The van der Waals surface area contributed by atoms with Gasteiger partial charge >= 0.3 is 0 Å². The Bertz CT molecular complexity index is 1710. The Hall–Kier alpha value is -4.28. The summed E-state index contributed by atoms with van der Waals surface area (Å²) >= 11 is 0. The van der Waals surface area contributed by atoms with Crippen LogP contribution in [0.25, 0.3) is 11.2 Å². The molecule has 1 saturated heterocycles. The Labute approximate surface area is 265 Å². The summed E-state index contributed by atoms with van der Waals surface area (Å²) in [6.07, 6.45) is 1.82. The van der Waals surface area contributed by atoms with E-state index in [0.717, 1.165) is 34.6 Å². The fourth-order valence-electron chi connectivity index (χ4n) is 5.95. The lowest BCUT2D eigenvalue weighted by atomic mass is 9.08. The van der Waals surface area contributed by atoms with Crippen LogP contribution < -0.4 is 15.0 Å². The minimum Gasteiger partial charge on any atom is -0.497 e. The molecule has 6 rings (SSSR count). The lowest BCUT2D eigenvalue weighted by Crippen LogP contribution is -2.47. The van der Waals surface area contributed by atoms with E-state index in [1.165, 1.54) is 6.33 Å². The Balaban J connectivity index is 0.000000186. The second-order valence-corrected chi connectivity index (χ2v) is 11.0. The fraction of sp³-hybridized carbons (Fsp3) is 0.303. The largest absolute Gasteiger partial charge is 0.497 e. The summed E-state index contributed by atoms with van der Waals surface area (Å²) in [5.41, 5.74) is 3.48. The fourth-order valence-corrected chi connectivity index (χ4v) is 5.95. The van der Waals surface area contributed by atoms with E-state index in [-0.39, 0.29) is 17.2 Å². The van der Waals surface area contributed by atoms with E-state index in [0.29, 0.717) is 17.9 Å². The molecule has 5 aromatic rings. The van der Waals surface area contributed by atoms with Crippen molar-refractivity contribution < 1.29 is 19.3 Å². The normalized spacial score (nSPS) is 17.8. The molecule has 3 atom stereocenters. The molecule has 1 aliphatic rings. The summed E-state index contributed by atoms with van der Waals surface area (Å²) in [4.78, 5) is 22.7. The molecule has 0 spiro atoms. The molecule has 45 heavy (non-hydrogen) atoms. The Morgan fingerprint density at radius 1 is 0.978 bits per heavy atom. The third-order valence-electron chi connectivity index (χ3n) is 8.27. The van der Waals surface area contributed by atoms with Crippen LogP contribution in [0.1, 0.15) is 48.5 Å². The number of rotatable bonds is 8. The van der Waals surface area contributed by atoms with Crippen molar-refractivity contribution in [1.29, 1.82) is 0 Å². The molecule has 3 aromatic carbocycles. The van der Waals surface area contributed by atoms with Gasteiger partial charge in [0.25, 0.3) is 5.56 Å². The standard InChI is InChI=1S/C21H19B3O2.C12H16N4O3/c1-25-19-12-8-17(9-13-19)21(24(22)23,16-6-4-3-5-7-16)18-10-14-20(26-2)15-11-18;1-3-7-4-8(17)12(19-7)16-5-13-9-10(16)14-6(2)15-11(9)18/h3-15H,1-2H3;5,7-8,12,17H,3-4H2,1-2H3,(H,14,15,18)/t;7-,8?,12-/m.1/s1. The molecular formula is C33H35B3N4O5. The van der Waals surface area contributed by atoms with E-state index in [9.17, 15) is 9.90 Å². The molecule has 1 unspecified atom stereocenters. The summed E-state index contributed by atoms with van der Waals surface area (Å²) in [6, 6.07) is 25.9. The average Bonchev–Trinajstić information content (AvgIpc) is 3.65. The van der Waals surface area contributed by atoms with Crippen LogP contribution in [0.15, 0.2) is 90.0 Å². The molecule has 9 nitrogen and oxygen atoms in total. The number of hydrogen-bond donors (Lipinski definition) is 2. The number of methoxy groups -OCH3 is 2. The van der Waals surface area contributed by atoms with Gasteiger partial charge in [-0.25, -0.2) is 9.97 Å². The third kappa shape index (κ3) is 6.30. The summed E-state index contributed by atoms with van der Waals surface area (Å²) in [5.74, 6) is 2.09. The van der Waals surface area contributed by atoms with Crippen molar-refractivity contribution in [3.05, 3.63) is 118 Å². The molecular weight excluding hydrogens is 565 g/mol. The Morgan fingerprint density at radius 3 is 2.02 bits per heavy atom. The van der Waals surface area contributed by atoms with Crippen molar-refractivity contribution in [2.24, 2.45) is 0 Å². The first-order valence-electron chi connectivity index (χ1n) is 14.9. The van der Waals surface area contributed by atoms with E-state index in [2.05, 4.69) is 27.1 Å². The zero-order chi connectivity index (χ0) is 32.1. The zero-order valence-corrected chi connectivity index (χ0v) is 25.9. The van der Waals surface area contributed by atoms with Crippen molar-refractivity contribution in [2.75, 3.05) is 14.2 Å². The quantitative estimate of drug-likeness (QED) is 0.206. The molecule has 3 heterocycles. The van der Waals surface area contributed by atoms with Crippen LogP contribution in [0.3, 0.4) is 0 Å². The highest BCUT2D eigenvalue weighted by Gasteiger charge is 2.39. The molecule has 4 radical (unpaired) electrons. The van der Waals surface area contributed by atoms with E-state index in [4.69, 9.17) is 29.7 Å². The number of hydrogen-bond acceptors (Lipinski definition) is 7. The van der Waals surface area contributed by atoms with E-state index in [1.54, 1.807) is 25.7 Å². The topological polar surface area (TPSA) is 111 Å². The number of fused-ring (bicyclic) bond motifs is 1. The number of aryl methyl sites for hydroxylation is 1. The monoisotopic (exact) mass is 600 g/mol. The van der Waals surface area contributed by atoms with Crippen LogP contribution in [0.5, 0.6) is 11.5 Å². The van der Waals surface area contributed by atoms with Gasteiger partial charge in [-0.2, -0.15) is 0 Å². The van der Waals surface area contributed by atoms with Gasteiger partial charge in [-0.1, -0.05) is 61.5 Å². The second kappa shape index (κ2) is 13.8. The summed E-state index contributed by atoms with van der Waals surface area (Å²) in [6.45, 7) is 3.07. The summed E-state index contributed by atoms with van der Waals surface area (Å²) < 4.78 is 18.0. The first-order valence-corrected chi connectivity index (χ1v) is 14.9. The van der Waals surface area contributed by atoms with Crippen LogP contribution >= 0.6 is 0 Å². The number of ether oxygens (including phenoxy) is 3. The number of nitrogens with zero attached hydrogens (tertiary/aromatic N) is 3. The number of benzene rings is 3. The van der Waals surface area contributed by atoms with E-state index < -0.39 is 24.1 Å². The maximum Gasteiger partial charge on any atom is 0.279 e. The second-order valence-electron chi connectivity index (χ2n) is 11.0. The number of aliphatic hydroxyl groups excluding tert-OH is 1. The number of H-pyrrole nitrogens is 1. The van der Waals surface area contributed by atoms with Gasteiger partial charge in [0.15, 0.2) is 17.4 Å². The van der Waals surface area contributed by atoms with E-state index >= 15 is 0 Å². The lowest BCUT2D eigenvalue weighted by molar-refractivity contribution is -0.0355. The first kappa shape index (κ1) is 32.1. The molecule has 226 valence electrons. The molecule has 0 bridgehead atoms. The molecule has 0 amide bonds. The molecule has 0 saturated carbocycles. The number of nitrogens with one attached hydrogen (secondary N) is 1. The van der Waals surface area contributed by atoms with Gasteiger partial charge in [-0.05, 0) is 54.3 Å². The highest BCUT2D eigenvalue weighted by Crippen LogP contribution is 2.41. The van der Waals surface area contributed by atoms with E-state index in [1.807, 2.05) is 73.7 Å². The molecule has 2 N–H and O–H groups in total. The van der Waals surface area contributed by atoms with Gasteiger partial charge in [0, 0.05) is 27.2 Å². The maximum absolute atomic E-state index is 11.8. The minimum absolute atomic E-state index is 0.0283. The van der Waals surface area contributed by atoms with Gasteiger partial charge < -0.3 is 24.3 Å². The smallest absolute Gasteiger partial charge is 0.279 e. The van der Waals surface area contributed by atoms with Crippen LogP contribution in [0.4, 0.5) is 0 Å². The lowest BCUT2D eigenvalue weighted by Gasteiger charge is -2.40. The van der Waals surface area contributed by atoms with Crippen LogP contribution in [-0.2, 0) is 10.1 Å². The predicted octanol–water partition coefficient (Wildman–Crippen LogP) is 3.89. The van der Waals surface area contributed by atoms with Crippen molar-refractivity contribution in [2.45, 2.75) is 50.4 Å². The SMILES string of the molecule is CC[C@@H]1CC(O)[C@H](n2cnc3c(=O)[nH]c(C)nc32)O1.[B]B([B])C(c1ccccc1)(c1ccc(OC)cc1)c1ccc(OC)cc1. The van der Waals surface area contributed by atoms with Gasteiger partial charge in [0.05, 0.1) is 33.1 Å². The van der Waals surface area contributed by atoms with Crippen LogP contribution in [0, 0.1) is 6.92 Å². The van der Waals surface area contributed by atoms with Gasteiger partial charge in [-0.3, -0.25) is 9.36 Å². The third-order valence-corrected chi connectivity index (χ3v) is 8.27. The minimum atomic E-state index is -0.695. The van der Waals surface area contributed by atoms with Gasteiger partial charge in [-0.15, -0.1) is 0 Å². The van der Waals surface area contributed by atoms with Crippen LogP contribution in [0.2, 0.25) is 0 Å². The van der Waals surface area contributed by atoms with Gasteiger partial charge in [0.1, 0.15) is 23.4 Å². The molecule has 1 aliphatic heterocycles. The Kier molecular flexibility index (Phi) is 9.85. The molecule has 12 heteroatoms. The van der Waals surface area contributed by atoms with Crippen LogP contribution in [-0.4, -0.2) is 73.0 Å². The molecule has 0 aliphatic carbocycles. The number of imidazole rings is 1. The summed E-state index contributed by atoms with van der Waals surface area (Å²) in [5, 5.41) is 9.38. The van der Waals surface area contributed by atoms with Crippen molar-refractivity contribution >= 4 is 33.1 Å². The maximum atomic E-state index is 11.8. The van der Waals surface area contributed by atoms with Crippen molar-refractivity contribution in [3.8, 4) is 11.5 Å². The first-order chi connectivity index (χ1) is 21.7. The summed E-state index contributed by atoms with van der Waals surface area (Å²) in [7, 11) is 16.1. The highest BCUT2D eigenvalue weighted by atomic mass is 16.5. The number of aromatic nitrogens is 4. The molecule has 2 aromatic heterocycles. The molecule has 1 fully saturated rings. The zero-order valence-electron chi connectivity index (χ0n) is 25.9. The predicted molar refractivity (Wildman–Crippen MR) is 177 cm³/mol. The van der Waals surface area contributed by atoms with Gasteiger partial charge in [0.2, 0.25) is 0 Å². The Morgan fingerprint density at radius 2 is 1.53 bits per heavy atom. The van der Waals surface area contributed by atoms with Crippen molar-refractivity contribution in [3.63, 3.8) is 0 Å².